The van der Waals surface area contributed by atoms with E-state index in [9.17, 15) is 9.59 Å². The second-order valence-corrected chi connectivity index (χ2v) is 5.10. The van der Waals surface area contributed by atoms with E-state index in [0.717, 1.165) is 5.39 Å². The molecule has 0 saturated heterocycles. The molecule has 0 fully saturated rings. The third-order valence-electron chi connectivity index (χ3n) is 3.05. The summed E-state index contributed by atoms with van der Waals surface area (Å²) in [6.07, 6.45) is 2.68. The number of furan rings is 1. The Hall–Kier alpha value is -2.27. The van der Waals surface area contributed by atoms with Gasteiger partial charge in [-0.3, -0.25) is 9.59 Å². The molecule has 1 heterocycles. The molecular formula is C17H17ClO5. The molecular weight excluding hydrogens is 320 g/mol. The predicted molar refractivity (Wildman–Crippen MR) is 87.5 cm³/mol. The van der Waals surface area contributed by atoms with Crippen LogP contribution in [0.1, 0.15) is 25.5 Å². The number of fused-ring (bicyclic) bond motifs is 1. The normalized spacial score (nSPS) is 11.5. The molecule has 0 aliphatic rings. The second kappa shape index (κ2) is 8.39. The van der Waals surface area contributed by atoms with Crippen molar-refractivity contribution in [2.24, 2.45) is 0 Å². The molecule has 0 spiro atoms. The molecule has 0 N–H and O–H groups in total. The Morgan fingerprint density at radius 2 is 2.22 bits per heavy atom. The van der Waals surface area contributed by atoms with Crippen molar-refractivity contribution >= 4 is 39.9 Å². The number of rotatable bonds is 8. The molecule has 23 heavy (non-hydrogen) atoms. The summed E-state index contributed by atoms with van der Waals surface area (Å²) in [7, 11) is 0. The van der Waals surface area contributed by atoms with Gasteiger partial charge in [0.15, 0.2) is 11.3 Å². The molecule has 0 amide bonds. The molecule has 2 rings (SSSR count). The number of halogens is 1. The third kappa shape index (κ3) is 4.60. The maximum absolute atomic E-state index is 11.3. The van der Waals surface area contributed by atoms with Gasteiger partial charge in [0.25, 0.3) is 0 Å². The minimum Gasteiger partial charge on any atom is -0.490 e. The van der Waals surface area contributed by atoms with Gasteiger partial charge in [-0.15, -0.1) is 0 Å². The Labute approximate surface area is 138 Å². The highest BCUT2D eigenvalue weighted by Gasteiger charge is 2.11. The quantitative estimate of drug-likeness (QED) is 0.316. The first-order valence-corrected chi connectivity index (χ1v) is 7.65. The standard InChI is InChI=1S/C17H17ClO5/c1-2-21-16(20)7-4-10-22-14-6-3-5-12-11-15(23-17(12)14)13(18)8-9-19/h3,5-6,8-9,11H,2,4,7,10H2,1H3. The Morgan fingerprint density at radius 3 is 2.96 bits per heavy atom. The zero-order chi connectivity index (χ0) is 16.7. The van der Waals surface area contributed by atoms with E-state index in [2.05, 4.69) is 0 Å². The lowest BCUT2D eigenvalue weighted by atomic mass is 10.2. The number of hydrogen-bond donors (Lipinski definition) is 0. The van der Waals surface area contributed by atoms with Crippen LogP contribution >= 0.6 is 11.6 Å². The van der Waals surface area contributed by atoms with Gasteiger partial charge in [0, 0.05) is 17.9 Å². The van der Waals surface area contributed by atoms with Crippen molar-refractivity contribution in [2.75, 3.05) is 13.2 Å². The summed E-state index contributed by atoms with van der Waals surface area (Å²) in [6.45, 7) is 2.52. The van der Waals surface area contributed by atoms with E-state index in [1.54, 1.807) is 19.1 Å². The van der Waals surface area contributed by atoms with Crippen LogP contribution in [0.2, 0.25) is 0 Å². The van der Waals surface area contributed by atoms with E-state index >= 15 is 0 Å². The van der Waals surface area contributed by atoms with Crippen molar-refractivity contribution in [3.05, 3.63) is 36.1 Å². The molecule has 0 radical (unpaired) electrons. The average Bonchev–Trinajstić information content (AvgIpc) is 2.97. The minimum absolute atomic E-state index is 0.226. The highest BCUT2D eigenvalue weighted by atomic mass is 35.5. The van der Waals surface area contributed by atoms with Gasteiger partial charge in [-0.25, -0.2) is 0 Å². The summed E-state index contributed by atoms with van der Waals surface area (Å²) in [5.41, 5.74) is 0.552. The number of esters is 1. The SMILES string of the molecule is CCOC(=O)CCCOc1cccc2cc(C(Cl)=CC=O)oc12. The molecule has 5 nitrogen and oxygen atoms in total. The number of carbonyl (C=O) groups is 2. The molecule has 0 bridgehead atoms. The highest BCUT2D eigenvalue weighted by Crippen LogP contribution is 2.32. The van der Waals surface area contributed by atoms with Crippen LogP contribution < -0.4 is 4.74 Å². The van der Waals surface area contributed by atoms with Gasteiger partial charge in [0.2, 0.25) is 0 Å². The van der Waals surface area contributed by atoms with E-state index in [-0.39, 0.29) is 11.0 Å². The molecule has 6 heteroatoms. The third-order valence-corrected chi connectivity index (χ3v) is 3.36. The number of carbonyl (C=O) groups excluding carboxylic acids is 2. The molecule has 0 saturated carbocycles. The molecule has 122 valence electrons. The van der Waals surface area contributed by atoms with Crippen molar-refractivity contribution in [1.29, 1.82) is 0 Å². The number of ether oxygens (including phenoxy) is 2. The summed E-state index contributed by atoms with van der Waals surface area (Å²) >= 11 is 5.97. The Bertz CT molecular complexity index is 717. The summed E-state index contributed by atoms with van der Waals surface area (Å²) in [5, 5.41) is 1.05. The smallest absolute Gasteiger partial charge is 0.305 e. The number of allylic oxidation sites excluding steroid dienone is 1. The molecule has 0 aliphatic carbocycles. The van der Waals surface area contributed by atoms with Crippen LogP contribution in [0.15, 0.2) is 34.8 Å². The van der Waals surface area contributed by atoms with Crippen molar-refractivity contribution in [2.45, 2.75) is 19.8 Å². The Balaban J connectivity index is 2.05. The van der Waals surface area contributed by atoms with Crippen molar-refractivity contribution < 1.29 is 23.5 Å². The van der Waals surface area contributed by atoms with Gasteiger partial charge in [-0.2, -0.15) is 0 Å². The van der Waals surface area contributed by atoms with Crippen LogP contribution in [-0.2, 0) is 14.3 Å². The summed E-state index contributed by atoms with van der Waals surface area (Å²) in [5.74, 6) is 0.727. The van der Waals surface area contributed by atoms with Gasteiger partial charge < -0.3 is 13.9 Å². The van der Waals surface area contributed by atoms with E-state index in [0.29, 0.717) is 49.4 Å². The van der Waals surface area contributed by atoms with Crippen LogP contribution in [0.4, 0.5) is 0 Å². The van der Waals surface area contributed by atoms with Gasteiger partial charge in [-0.05, 0) is 25.5 Å². The molecule has 2 aromatic rings. The average molecular weight is 337 g/mol. The number of benzene rings is 1. The Morgan fingerprint density at radius 1 is 1.39 bits per heavy atom. The zero-order valence-electron chi connectivity index (χ0n) is 12.7. The van der Waals surface area contributed by atoms with Gasteiger partial charge in [0.1, 0.15) is 12.0 Å². The van der Waals surface area contributed by atoms with Crippen molar-refractivity contribution in [3.63, 3.8) is 0 Å². The zero-order valence-corrected chi connectivity index (χ0v) is 13.5. The van der Waals surface area contributed by atoms with E-state index < -0.39 is 0 Å². The van der Waals surface area contributed by atoms with Gasteiger partial charge in [-0.1, -0.05) is 23.7 Å². The van der Waals surface area contributed by atoms with E-state index in [4.69, 9.17) is 25.5 Å². The van der Waals surface area contributed by atoms with Gasteiger partial charge >= 0.3 is 5.97 Å². The molecule has 0 atom stereocenters. The fourth-order valence-corrected chi connectivity index (χ4v) is 2.19. The van der Waals surface area contributed by atoms with Crippen LogP contribution in [0, 0.1) is 0 Å². The summed E-state index contributed by atoms with van der Waals surface area (Å²) in [4.78, 5) is 21.7. The topological polar surface area (TPSA) is 65.7 Å². The van der Waals surface area contributed by atoms with Crippen LogP contribution in [0.5, 0.6) is 5.75 Å². The van der Waals surface area contributed by atoms with Crippen LogP contribution in [-0.4, -0.2) is 25.5 Å². The minimum atomic E-state index is -0.236. The number of para-hydroxylation sites is 1. The monoisotopic (exact) mass is 336 g/mol. The first kappa shape index (κ1) is 17.1. The lowest BCUT2D eigenvalue weighted by Crippen LogP contribution is -2.06. The summed E-state index contributed by atoms with van der Waals surface area (Å²) < 4.78 is 16.2. The second-order valence-electron chi connectivity index (χ2n) is 4.69. The van der Waals surface area contributed by atoms with E-state index in [1.807, 2.05) is 12.1 Å². The maximum atomic E-state index is 11.3. The fraction of sp³-hybridized carbons (Fsp3) is 0.294. The highest BCUT2D eigenvalue weighted by molar-refractivity contribution is 6.49. The fourth-order valence-electron chi connectivity index (χ4n) is 2.04. The van der Waals surface area contributed by atoms with E-state index in [1.165, 1.54) is 6.08 Å². The molecule has 0 aliphatic heterocycles. The molecule has 1 aromatic heterocycles. The van der Waals surface area contributed by atoms with Crippen molar-refractivity contribution in [3.8, 4) is 5.75 Å². The lowest BCUT2D eigenvalue weighted by molar-refractivity contribution is -0.143. The molecule has 1 aromatic carbocycles. The molecule has 0 unspecified atom stereocenters. The lowest BCUT2D eigenvalue weighted by Gasteiger charge is -2.06. The summed E-state index contributed by atoms with van der Waals surface area (Å²) in [6, 6.07) is 7.21. The number of aldehydes is 1. The largest absolute Gasteiger partial charge is 0.490 e. The maximum Gasteiger partial charge on any atom is 0.305 e. The first-order valence-electron chi connectivity index (χ1n) is 7.28. The first-order chi connectivity index (χ1) is 11.2. The van der Waals surface area contributed by atoms with Gasteiger partial charge in [0.05, 0.1) is 18.2 Å². The predicted octanol–water partition coefficient (Wildman–Crippen LogP) is 3.93. The van der Waals surface area contributed by atoms with Crippen LogP contribution in [0.25, 0.3) is 16.0 Å². The number of hydrogen-bond acceptors (Lipinski definition) is 5. The van der Waals surface area contributed by atoms with Crippen molar-refractivity contribution in [1.82, 2.24) is 0 Å². The Kier molecular flexibility index (Phi) is 6.23. The van der Waals surface area contributed by atoms with Crippen LogP contribution in [0.3, 0.4) is 0 Å².